The molecular formula is C45H49Cl2NSiZr-2. The molecule has 50 heavy (non-hydrogen) atoms. The zero-order chi connectivity index (χ0) is 34.6. The Labute approximate surface area is 329 Å². The van der Waals surface area contributed by atoms with Crippen LogP contribution in [0.4, 0.5) is 5.69 Å². The molecule has 0 bridgehead atoms. The van der Waals surface area contributed by atoms with E-state index in [9.17, 15) is 0 Å². The SMILES string of the molecule is CC(C)C1=[C-]C2=CC(C)N(c3ccc(C(C)(C)C)cc3)C2=C1.C[Si](C)=[Zr+2].Cc1cc2c(-c3ccccc3)cc(-c3ccccc3)cc2[cH-]1.[Cl-].[Cl-]. The van der Waals surface area contributed by atoms with Gasteiger partial charge >= 0.3 is 41.9 Å². The molecule has 258 valence electrons. The van der Waals surface area contributed by atoms with Gasteiger partial charge in [0.2, 0.25) is 0 Å². The Bertz CT molecular complexity index is 1970. The maximum absolute atomic E-state index is 3.56. The number of fused-ring (bicyclic) bond motifs is 2. The number of halogens is 2. The van der Waals surface area contributed by atoms with Gasteiger partial charge in [0.15, 0.2) is 0 Å². The molecule has 1 aliphatic carbocycles. The van der Waals surface area contributed by atoms with Crippen molar-refractivity contribution in [2.75, 3.05) is 4.90 Å². The molecule has 0 spiro atoms. The minimum absolute atomic E-state index is 0. The van der Waals surface area contributed by atoms with Gasteiger partial charge in [-0.15, -0.1) is 57.8 Å². The Hall–Kier alpha value is -2.81. The fourth-order valence-electron chi connectivity index (χ4n) is 6.27. The summed E-state index contributed by atoms with van der Waals surface area (Å²) in [4.78, 5) is 2.42. The molecule has 1 aliphatic heterocycles. The summed E-state index contributed by atoms with van der Waals surface area (Å²) in [6.07, 6.45) is 8.18. The largest absolute Gasteiger partial charge is 1.00 e. The van der Waals surface area contributed by atoms with E-state index in [4.69, 9.17) is 0 Å². The third-order valence-electron chi connectivity index (χ3n) is 8.71. The van der Waals surface area contributed by atoms with Gasteiger partial charge in [0.25, 0.3) is 0 Å². The predicted octanol–water partition coefficient (Wildman–Crippen LogP) is 6.40. The molecule has 5 heteroatoms. The van der Waals surface area contributed by atoms with Crippen LogP contribution in [-0.2, 0) is 28.8 Å². The third kappa shape index (κ3) is 10.2. The summed E-state index contributed by atoms with van der Waals surface area (Å²) in [6.45, 7) is 20.3. The zero-order valence-corrected chi connectivity index (χ0v) is 35.9. The van der Waals surface area contributed by atoms with E-state index in [1.165, 1.54) is 66.7 Å². The first-order valence-corrected chi connectivity index (χ1v) is 23.3. The standard InChI is InChI=1S/C22H17.C21H26N.C2H6Si.2ClH.Zr/c1-16-12-20-14-19(17-8-4-2-5-9-17)15-22(21(20)13-16)18-10-6-3-7-11-18;1-14(2)16-12-17-11-15(3)22(20(17)13-16)19-9-7-18(8-10-19)21(4,5)6;1-3-2;;;/h2-15H,1H3;7-11,13-15H,1-6H3;1-2H3;2*1H;/q2*-1;;;;+2/p-2. The Balaban J connectivity index is 0.000000236. The van der Waals surface area contributed by atoms with E-state index < -0.39 is 0 Å². The van der Waals surface area contributed by atoms with Crippen LogP contribution in [0.15, 0.2) is 138 Å². The molecule has 1 nitrogen and oxygen atoms in total. The van der Waals surface area contributed by atoms with E-state index in [1.54, 1.807) is 23.3 Å². The van der Waals surface area contributed by atoms with E-state index in [0.29, 0.717) is 12.0 Å². The summed E-state index contributed by atoms with van der Waals surface area (Å²) in [7, 11) is 0. The number of hydrogen-bond donors (Lipinski definition) is 0. The second-order valence-corrected chi connectivity index (χ2v) is 23.9. The first-order chi connectivity index (χ1) is 22.8. The number of hydrogen-bond acceptors (Lipinski definition) is 1. The zero-order valence-electron chi connectivity index (χ0n) is 30.9. The molecule has 1 heterocycles. The molecule has 0 saturated carbocycles. The van der Waals surface area contributed by atoms with Crippen molar-refractivity contribution in [2.24, 2.45) is 5.92 Å². The molecule has 7 rings (SSSR count). The van der Waals surface area contributed by atoms with Crippen LogP contribution in [0.25, 0.3) is 33.0 Å². The third-order valence-corrected chi connectivity index (χ3v) is 8.71. The maximum atomic E-state index is 3.56. The molecule has 5 aromatic carbocycles. The van der Waals surface area contributed by atoms with E-state index in [2.05, 4.69) is 194 Å². The van der Waals surface area contributed by atoms with Gasteiger partial charge in [0.05, 0.1) is 0 Å². The van der Waals surface area contributed by atoms with Gasteiger partial charge in [-0.1, -0.05) is 137 Å². The van der Waals surface area contributed by atoms with E-state index in [0.717, 1.165) is 0 Å². The number of benzene rings is 4. The van der Waals surface area contributed by atoms with Gasteiger partial charge in [-0.25, -0.2) is 0 Å². The summed E-state index contributed by atoms with van der Waals surface area (Å²) in [5.74, 6) is 0.527. The van der Waals surface area contributed by atoms with Crippen molar-refractivity contribution in [3.63, 3.8) is 0 Å². The first-order valence-electron chi connectivity index (χ1n) is 17.1. The van der Waals surface area contributed by atoms with Crippen LogP contribution in [0.1, 0.15) is 52.7 Å². The van der Waals surface area contributed by atoms with E-state index in [1.807, 2.05) is 0 Å². The molecule has 0 saturated heterocycles. The topological polar surface area (TPSA) is 3.24 Å². The van der Waals surface area contributed by atoms with Crippen LogP contribution >= 0.6 is 0 Å². The minimum atomic E-state index is 0. The summed E-state index contributed by atoms with van der Waals surface area (Å²) in [5.41, 5.74) is 13.4. The summed E-state index contributed by atoms with van der Waals surface area (Å²) < 4.78 is 0. The van der Waals surface area contributed by atoms with Crippen molar-refractivity contribution < 1.29 is 48.1 Å². The Morgan fingerprint density at radius 2 is 1.36 bits per heavy atom. The predicted molar refractivity (Wildman–Crippen MR) is 207 cm³/mol. The monoisotopic (exact) mass is 791 g/mol. The fraction of sp³-hybridized carbons (Fsp3) is 0.267. The second-order valence-electron chi connectivity index (χ2n) is 14.5. The number of rotatable bonds is 4. The molecule has 1 atom stereocenters. The quantitative estimate of drug-likeness (QED) is 0.151. The Morgan fingerprint density at radius 1 is 0.800 bits per heavy atom. The molecule has 0 amide bonds. The van der Waals surface area contributed by atoms with Gasteiger partial charge in [0.1, 0.15) is 0 Å². The molecule has 0 N–H and O–H groups in total. The van der Waals surface area contributed by atoms with Crippen LogP contribution in [0.3, 0.4) is 0 Å². The van der Waals surface area contributed by atoms with Gasteiger partial charge < -0.3 is 29.7 Å². The van der Waals surface area contributed by atoms with E-state index in [-0.39, 0.29) is 35.7 Å². The molecule has 2 aliphatic rings. The van der Waals surface area contributed by atoms with Gasteiger partial charge in [0, 0.05) is 11.7 Å². The second kappa shape index (κ2) is 18.1. The number of allylic oxidation sites excluding steroid dienone is 3. The van der Waals surface area contributed by atoms with Gasteiger partial charge in [-0.3, -0.25) is 0 Å². The molecule has 0 aromatic heterocycles. The summed E-state index contributed by atoms with van der Waals surface area (Å²) >= 11 is 1.74. The smallest absolute Gasteiger partial charge is 0.0277 e. The molecular weight excluding hydrogens is 745 g/mol. The van der Waals surface area contributed by atoms with Crippen LogP contribution in [-0.4, -0.2) is 11.5 Å². The van der Waals surface area contributed by atoms with Crippen LogP contribution in [0.5, 0.6) is 0 Å². The van der Waals surface area contributed by atoms with Crippen molar-refractivity contribution in [3.05, 3.63) is 155 Å². The average molecular weight is 794 g/mol. The molecule has 0 radical (unpaired) electrons. The van der Waals surface area contributed by atoms with Crippen molar-refractivity contribution in [1.82, 2.24) is 0 Å². The van der Waals surface area contributed by atoms with Crippen molar-refractivity contribution in [2.45, 2.75) is 73.0 Å². The molecule has 0 fully saturated rings. The van der Waals surface area contributed by atoms with Gasteiger partial charge in [-0.05, 0) is 47.1 Å². The van der Waals surface area contributed by atoms with Crippen LogP contribution in [0.2, 0.25) is 13.1 Å². The Morgan fingerprint density at radius 3 is 1.90 bits per heavy atom. The van der Waals surface area contributed by atoms with Crippen LogP contribution < -0.4 is 29.7 Å². The normalized spacial score (nSPS) is 14.6. The summed E-state index contributed by atoms with van der Waals surface area (Å²) in [5, 5.41) is 2.65. The number of nitrogens with zero attached hydrogens (tertiary/aromatic N) is 1. The fourth-order valence-corrected chi connectivity index (χ4v) is 6.27. The van der Waals surface area contributed by atoms with Crippen molar-refractivity contribution in [1.29, 1.82) is 0 Å². The van der Waals surface area contributed by atoms with Gasteiger partial charge in [-0.2, -0.15) is 6.07 Å². The average Bonchev–Trinajstić information content (AvgIpc) is 3.72. The van der Waals surface area contributed by atoms with Crippen molar-refractivity contribution >= 4 is 21.9 Å². The maximum Gasteiger partial charge on any atom is -0.0277 e. The molecule has 5 aromatic rings. The van der Waals surface area contributed by atoms with Crippen LogP contribution in [0, 0.1) is 18.9 Å². The van der Waals surface area contributed by atoms with E-state index >= 15 is 0 Å². The molecule has 1 unspecified atom stereocenters. The number of anilines is 1. The minimum Gasteiger partial charge on any atom is -1.00 e. The number of aryl methyl sites for hydroxylation is 1. The summed E-state index contributed by atoms with van der Waals surface area (Å²) in [6, 6.07) is 39.8. The Kier molecular flexibility index (Phi) is 15.1. The van der Waals surface area contributed by atoms with Crippen molar-refractivity contribution in [3.8, 4) is 22.3 Å². The first kappa shape index (κ1) is 41.6.